The molecule has 1 nitrogen and oxygen atoms in total. The Labute approximate surface area is 662 Å². The van der Waals surface area contributed by atoms with Gasteiger partial charge in [0.2, 0.25) is 0 Å². The number of unbranched alkanes of at least 4 members (excludes halogenated alkanes) is 98. The van der Waals surface area contributed by atoms with E-state index < -0.39 is 0 Å². The van der Waals surface area contributed by atoms with E-state index >= 15 is 0 Å². The molecule has 0 aliphatic rings. The Morgan fingerprint density at radius 1 is 0.106 bits per heavy atom. The van der Waals surface area contributed by atoms with Gasteiger partial charge in [-0.05, 0) is 13.3 Å². The molecule has 0 radical (unpaired) electrons. The fourth-order valence-corrected chi connectivity index (χ4v) is 17.6. The summed E-state index contributed by atoms with van der Waals surface area (Å²) < 4.78 is 0. The molecule has 0 saturated carbocycles. The second kappa shape index (κ2) is 101. The van der Waals surface area contributed by atoms with Crippen molar-refractivity contribution >= 4 is 5.78 Å². The Morgan fingerprint density at radius 2 is 0.163 bits per heavy atom. The van der Waals surface area contributed by atoms with E-state index in [1.165, 1.54) is 629 Å². The summed E-state index contributed by atoms with van der Waals surface area (Å²) in [5.41, 5.74) is 0. The van der Waals surface area contributed by atoms with Crippen molar-refractivity contribution in [1.82, 2.24) is 0 Å². The highest BCUT2D eigenvalue weighted by Gasteiger charge is 2.04. The molecular formula is C103H206O. The highest BCUT2D eigenvalue weighted by Crippen LogP contribution is 2.24. The second-order valence-corrected chi connectivity index (χ2v) is 36.1. The SMILES string of the molecule is CCCCCCCCCCCCCCCCCCCCCCCCCCCCCCCCCCCCCCCCCCCCCCCCCCCCCCCCCCCCCCCCCCCCCCCCCCCCCCCCCCCCCCCCCCCCCCCCCCCCCC(C)=O. The van der Waals surface area contributed by atoms with Gasteiger partial charge >= 0.3 is 0 Å². The molecule has 0 spiro atoms. The summed E-state index contributed by atoms with van der Waals surface area (Å²) in [7, 11) is 0. The summed E-state index contributed by atoms with van der Waals surface area (Å²) in [5, 5.41) is 0. The first-order chi connectivity index (χ1) is 51.8. The molecule has 0 unspecified atom stereocenters. The minimum absolute atomic E-state index is 0.356. The number of carbonyl (C=O) groups is 1. The third kappa shape index (κ3) is 102. The Hall–Kier alpha value is -0.330. The van der Waals surface area contributed by atoms with Crippen molar-refractivity contribution < 1.29 is 4.79 Å². The molecule has 624 valence electrons. The lowest BCUT2D eigenvalue weighted by atomic mass is 10.0. The Bertz CT molecular complexity index is 1430. The fourth-order valence-electron chi connectivity index (χ4n) is 17.6. The first-order valence-electron chi connectivity index (χ1n) is 51.3. The lowest BCUT2D eigenvalue weighted by Gasteiger charge is -2.05. The molecule has 0 rings (SSSR count). The number of hydrogen-bond acceptors (Lipinski definition) is 1. The number of Topliss-reactive ketones (excluding diaryl/α,β-unsaturated/α-hetero) is 1. The number of ketones is 1. The Morgan fingerprint density at radius 3 is 0.221 bits per heavy atom. The van der Waals surface area contributed by atoms with Gasteiger partial charge in [0.25, 0.3) is 0 Å². The van der Waals surface area contributed by atoms with Crippen LogP contribution in [0, 0.1) is 0 Å². The minimum Gasteiger partial charge on any atom is -0.300 e. The second-order valence-electron chi connectivity index (χ2n) is 36.1. The van der Waals surface area contributed by atoms with Crippen LogP contribution in [0.5, 0.6) is 0 Å². The molecule has 0 amide bonds. The average molecular weight is 1460 g/mol. The first kappa shape index (κ1) is 104. The molecule has 0 aromatic rings. The van der Waals surface area contributed by atoms with E-state index in [-0.39, 0.29) is 0 Å². The normalized spacial score (nSPS) is 11.8. The van der Waals surface area contributed by atoms with Crippen LogP contribution in [0.3, 0.4) is 0 Å². The van der Waals surface area contributed by atoms with Crippen molar-refractivity contribution in [3.05, 3.63) is 0 Å². The predicted molar refractivity (Wildman–Crippen MR) is 478 cm³/mol. The lowest BCUT2D eigenvalue weighted by Crippen LogP contribution is -1.89. The van der Waals surface area contributed by atoms with Gasteiger partial charge in [0, 0.05) is 6.42 Å². The molecule has 1 heteroatoms. The lowest BCUT2D eigenvalue weighted by molar-refractivity contribution is -0.117. The van der Waals surface area contributed by atoms with E-state index in [1.54, 1.807) is 6.92 Å². The quantitative estimate of drug-likeness (QED) is 0.0555. The number of carbonyl (C=O) groups excluding carboxylic acids is 1. The van der Waals surface area contributed by atoms with Crippen LogP contribution < -0.4 is 0 Å². The van der Waals surface area contributed by atoms with Crippen molar-refractivity contribution in [3.63, 3.8) is 0 Å². The van der Waals surface area contributed by atoms with Crippen LogP contribution in [0.2, 0.25) is 0 Å². The maximum Gasteiger partial charge on any atom is 0.129 e. The fraction of sp³-hybridized carbons (Fsp3) is 0.990. The molecule has 0 heterocycles. The smallest absolute Gasteiger partial charge is 0.129 e. The van der Waals surface area contributed by atoms with Crippen LogP contribution in [0.4, 0.5) is 0 Å². The summed E-state index contributed by atoms with van der Waals surface area (Å²) >= 11 is 0. The number of rotatable bonds is 100. The van der Waals surface area contributed by atoms with Crippen molar-refractivity contribution in [1.29, 1.82) is 0 Å². The maximum absolute atomic E-state index is 11.0. The van der Waals surface area contributed by atoms with Crippen molar-refractivity contribution in [3.8, 4) is 0 Å². The van der Waals surface area contributed by atoms with Crippen LogP contribution in [-0.4, -0.2) is 5.78 Å². The van der Waals surface area contributed by atoms with Crippen LogP contribution >= 0.6 is 0 Å². The highest BCUT2D eigenvalue weighted by atomic mass is 16.1. The van der Waals surface area contributed by atoms with Gasteiger partial charge in [0.05, 0.1) is 0 Å². The van der Waals surface area contributed by atoms with Gasteiger partial charge in [-0.1, -0.05) is 636 Å². The zero-order valence-electron chi connectivity index (χ0n) is 73.6. The predicted octanol–water partition coefficient (Wildman–Crippen LogP) is 39.6. The zero-order chi connectivity index (χ0) is 74.3. The monoisotopic (exact) mass is 1460 g/mol. The molecule has 104 heavy (non-hydrogen) atoms. The van der Waals surface area contributed by atoms with Gasteiger partial charge in [-0.25, -0.2) is 0 Å². The van der Waals surface area contributed by atoms with Gasteiger partial charge in [-0.3, -0.25) is 0 Å². The number of hydrogen-bond donors (Lipinski definition) is 0. The van der Waals surface area contributed by atoms with Gasteiger partial charge in [-0.2, -0.15) is 0 Å². The van der Waals surface area contributed by atoms with E-state index in [4.69, 9.17) is 0 Å². The molecule has 0 aromatic heterocycles. The van der Waals surface area contributed by atoms with Crippen LogP contribution in [0.15, 0.2) is 0 Å². The van der Waals surface area contributed by atoms with Gasteiger partial charge in [0.1, 0.15) is 5.78 Å². The molecule has 0 saturated heterocycles. The summed E-state index contributed by atoms with van der Waals surface area (Å²) in [6.45, 7) is 4.04. The Balaban J connectivity index is 3.09. The standard InChI is InChI=1S/C103H206O/c1-3-4-5-6-7-8-9-10-11-12-13-14-15-16-17-18-19-20-21-22-23-24-25-26-27-28-29-30-31-32-33-34-35-36-37-38-39-40-41-42-43-44-45-46-47-48-49-50-51-52-53-54-55-56-57-58-59-60-61-62-63-64-65-66-67-68-69-70-71-72-73-74-75-76-77-78-79-80-81-82-83-84-85-86-87-88-89-90-91-92-93-94-95-96-97-98-99-100-101-102-103(2)104/h3-102H2,1-2H3. The summed E-state index contributed by atoms with van der Waals surface area (Å²) in [5.74, 6) is 0.356. The molecule has 0 aromatic carbocycles. The average Bonchev–Trinajstić information content (AvgIpc) is 3.75. The molecule has 0 aliphatic carbocycles. The van der Waals surface area contributed by atoms with Crippen molar-refractivity contribution in [2.75, 3.05) is 0 Å². The van der Waals surface area contributed by atoms with Crippen molar-refractivity contribution in [2.24, 2.45) is 0 Å². The summed E-state index contributed by atoms with van der Waals surface area (Å²) in [6, 6.07) is 0. The largest absolute Gasteiger partial charge is 0.300 e. The van der Waals surface area contributed by atoms with E-state index in [2.05, 4.69) is 6.92 Å². The molecular weight excluding hydrogens is 1250 g/mol. The maximum atomic E-state index is 11.0. The topological polar surface area (TPSA) is 17.1 Å². The van der Waals surface area contributed by atoms with E-state index in [0.717, 1.165) is 12.8 Å². The molecule has 0 aliphatic heterocycles. The molecule has 0 N–H and O–H groups in total. The van der Waals surface area contributed by atoms with Crippen molar-refractivity contribution in [2.45, 2.75) is 656 Å². The van der Waals surface area contributed by atoms with Gasteiger partial charge in [0.15, 0.2) is 0 Å². The van der Waals surface area contributed by atoms with Gasteiger partial charge < -0.3 is 4.79 Å². The third-order valence-electron chi connectivity index (χ3n) is 25.1. The van der Waals surface area contributed by atoms with Crippen LogP contribution in [0.1, 0.15) is 656 Å². The Kier molecular flexibility index (Phi) is 100. The van der Waals surface area contributed by atoms with Crippen LogP contribution in [0.25, 0.3) is 0 Å². The van der Waals surface area contributed by atoms with E-state index in [1.807, 2.05) is 0 Å². The first-order valence-corrected chi connectivity index (χ1v) is 51.3. The molecule has 0 atom stereocenters. The third-order valence-corrected chi connectivity index (χ3v) is 25.1. The summed E-state index contributed by atoms with van der Waals surface area (Å²) in [4.78, 5) is 11.0. The molecule has 0 fully saturated rings. The zero-order valence-corrected chi connectivity index (χ0v) is 73.6. The highest BCUT2D eigenvalue weighted by molar-refractivity contribution is 5.75. The molecule has 0 bridgehead atoms. The minimum atomic E-state index is 0.356. The van der Waals surface area contributed by atoms with Gasteiger partial charge in [-0.15, -0.1) is 0 Å². The van der Waals surface area contributed by atoms with Crippen LogP contribution in [-0.2, 0) is 4.79 Å². The van der Waals surface area contributed by atoms with E-state index in [0.29, 0.717) is 5.78 Å². The van der Waals surface area contributed by atoms with E-state index in [9.17, 15) is 4.79 Å². The summed E-state index contributed by atoms with van der Waals surface area (Å²) in [6.07, 6.45) is 147.